The SMILES string of the molecule is CC1CN(C)CCCN1c1ncc(Cl)cc1F. The molecule has 0 aromatic carbocycles. The molecule has 3 nitrogen and oxygen atoms in total. The normalized spacial score (nSPS) is 22.6. The van der Waals surface area contributed by atoms with Gasteiger partial charge in [0.2, 0.25) is 0 Å². The van der Waals surface area contributed by atoms with Crippen LogP contribution in [0.5, 0.6) is 0 Å². The summed E-state index contributed by atoms with van der Waals surface area (Å²) < 4.78 is 13.8. The van der Waals surface area contributed by atoms with E-state index in [1.165, 1.54) is 12.3 Å². The van der Waals surface area contributed by atoms with Gasteiger partial charge in [0.1, 0.15) is 0 Å². The van der Waals surface area contributed by atoms with Gasteiger partial charge < -0.3 is 9.80 Å². The maximum Gasteiger partial charge on any atom is 0.167 e. The van der Waals surface area contributed by atoms with E-state index in [-0.39, 0.29) is 11.9 Å². The standard InChI is InChI=1S/C12H17ClFN3/c1-9-8-16(2)4-3-5-17(9)12-11(14)6-10(13)7-15-12/h6-7,9H,3-5,8H2,1-2H3. The Balaban J connectivity index is 2.25. The van der Waals surface area contributed by atoms with Crippen molar-refractivity contribution in [3.63, 3.8) is 0 Å². The lowest BCUT2D eigenvalue weighted by Gasteiger charge is -2.29. The first kappa shape index (κ1) is 12.6. The van der Waals surface area contributed by atoms with E-state index in [0.29, 0.717) is 10.8 Å². The molecular weight excluding hydrogens is 241 g/mol. The van der Waals surface area contributed by atoms with Crippen molar-refractivity contribution in [1.29, 1.82) is 0 Å². The number of nitrogens with zero attached hydrogens (tertiary/aromatic N) is 3. The van der Waals surface area contributed by atoms with Gasteiger partial charge in [0.25, 0.3) is 0 Å². The van der Waals surface area contributed by atoms with Gasteiger partial charge in [-0.05, 0) is 33.0 Å². The van der Waals surface area contributed by atoms with E-state index in [4.69, 9.17) is 11.6 Å². The van der Waals surface area contributed by atoms with E-state index in [9.17, 15) is 4.39 Å². The van der Waals surface area contributed by atoms with Gasteiger partial charge in [-0.2, -0.15) is 0 Å². The molecule has 1 fully saturated rings. The third-order valence-corrected chi connectivity index (χ3v) is 3.31. The van der Waals surface area contributed by atoms with Crippen LogP contribution in [0.1, 0.15) is 13.3 Å². The summed E-state index contributed by atoms with van der Waals surface area (Å²) in [6.07, 6.45) is 2.52. The number of likely N-dealkylation sites (N-methyl/N-ethyl adjacent to an activating group) is 1. The van der Waals surface area contributed by atoms with Crippen molar-refractivity contribution in [2.24, 2.45) is 0 Å². The molecule has 0 bridgehead atoms. The molecule has 1 aromatic heterocycles. The first-order valence-electron chi connectivity index (χ1n) is 5.84. The molecule has 0 amide bonds. The topological polar surface area (TPSA) is 19.4 Å². The van der Waals surface area contributed by atoms with Gasteiger partial charge in [-0.1, -0.05) is 11.6 Å². The highest BCUT2D eigenvalue weighted by molar-refractivity contribution is 6.30. The van der Waals surface area contributed by atoms with Crippen LogP contribution in [0.25, 0.3) is 0 Å². The molecule has 1 aromatic rings. The molecule has 0 N–H and O–H groups in total. The Morgan fingerprint density at radius 3 is 2.94 bits per heavy atom. The average Bonchev–Trinajstić information content (AvgIpc) is 2.40. The van der Waals surface area contributed by atoms with Crippen LogP contribution in [-0.4, -0.2) is 42.6 Å². The molecule has 2 rings (SSSR count). The molecule has 0 saturated carbocycles. The van der Waals surface area contributed by atoms with Crippen molar-refractivity contribution in [1.82, 2.24) is 9.88 Å². The zero-order chi connectivity index (χ0) is 12.4. The van der Waals surface area contributed by atoms with Gasteiger partial charge in [-0.3, -0.25) is 0 Å². The van der Waals surface area contributed by atoms with Crippen molar-refractivity contribution in [3.8, 4) is 0 Å². The van der Waals surface area contributed by atoms with E-state index in [1.807, 2.05) is 4.90 Å². The second-order valence-electron chi connectivity index (χ2n) is 4.62. The lowest BCUT2D eigenvalue weighted by molar-refractivity contribution is 0.336. The van der Waals surface area contributed by atoms with Crippen molar-refractivity contribution in [2.45, 2.75) is 19.4 Å². The second kappa shape index (κ2) is 5.19. The third kappa shape index (κ3) is 2.87. The highest BCUT2D eigenvalue weighted by Crippen LogP contribution is 2.23. The van der Waals surface area contributed by atoms with Crippen LogP contribution in [0, 0.1) is 5.82 Å². The molecule has 1 saturated heterocycles. The smallest absolute Gasteiger partial charge is 0.167 e. The highest BCUT2D eigenvalue weighted by Gasteiger charge is 2.23. The van der Waals surface area contributed by atoms with E-state index >= 15 is 0 Å². The van der Waals surface area contributed by atoms with E-state index in [1.54, 1.807) is 0 Å². The molecule has 94 valence electrons. The lowest BCUT2D eigenvalue weighted by atomic mass is 10.2. The summed E-state index contributed by atoms with van der Waals surface area (Å²) in [5.74, 6) is 0.0751. The Kier molecular flexibility index (Phi) is 3.84. The molecule has 0 spiro atoms. The fraction of sp³-hybridized carbons (Fsp3) is 0.583. The van der Waals surface area contributed by atoms with E-state index in [2.05, 4.69) is 23.9 Å². The monoisotopic (exact) mass is 257 g/mol. The molecule has 2 heterocycles. The van der Waals surface area contributed by atoms with Crippen LogP contribution in [0.2, 0.25) is 5.02 Å². The summed E-state index contributed by atoms with van der Waals surface area (Å²) in [7, 11) is 2.09. The molecule has 1 unspecified atom stereocenters. The van der Waals surface area contributed by atoms with Crippen molar-refractivity contribution < 1.29 is 4.39 Å². The Morgan fingerprint density at radius 1 is 1.47 bits per heavy atom. The van der Waals surface area contributed by atoms with Gasteiger partial charge in [0.15, 0.2) is 11.6 Å². The molecule has 1 aliphatic heterocycles. The third-order valence-electron chi connectivity index (χ3n) is 3.11. The Morgan fingerprint density at radius 2 is 2.24 bits per heavy atom. The first-order chi connectivity index (χ1) is 8.08. The van der Waals surface area contributed by atoms with Crippen molar-refractivity contribution >= 4 is 17.4 Å². The largest absolute Gasteiger partial charge is 0.350 e. The zero-order valence-corrected chi connectivity index (χ0v) is 10.9. The number of pyridine rings is 1. The van der Waals surface area contributed by atoms with Crippen LogP contribution in [-0.2, 0) is 0 Å². The van der Waals surface area contributed by atoms with Crippen molar-refractivity contribution in [2.75, 3.05) is 31.6 Å². The Labute approximate surface area is 106 Å². The fourth-order valence-electron chi connectivity index (χ4n) is 2.31. The van der Waals surface area contributed by atoms with Crippen LogP contribution in [0.3, 0.4) is 0 Å². The molecule has 1 aliphatic rings. The summed E-state index contributed by atoms with van der Waals surface area (Å²) in [4.78, 5) is 8.40. The predicted octanol–water partition coefficient (Wildman–Crippen LogP) is 2.40. The predicted molar refractivity (Wildman–Crippen MR) is 68.1 cm³/mol. The minimum Gasteiger partial charge on any atom is -0.350 e. The van der Waals surface area contributed by atoms with E-state index in [0.717, 1.165) is 26.1 Å². The molecule has 0 radical (unpaired) electrons. The second-order valence-corrected chi connectivity index (χ2v) is 5.05. The molecule has 17 heavy (non-hydrogen) atoms. The molecule has 5 heteroatoms. The number of halogens is 2. The maximum absolute atomic E-state index is 13.8. The quantitative estimate of drug-likeness (QED) is 0.770. The van der Waals surface area contributed by atoms with Crippen LogP contribution >= 0.6 is 11.6 Å². The summed E-state index contributed by atoms with van der Waals surface area (Å²) in [5.41, 5.74) is 0. The van der Waals surface area contributed by atoms with Crippen LogP contribution in [0.15, 0.2) is 12.3 Å². The lowest BCUT2D eigenvalue weighted by Crippen LogP contribution is -2.38. The maximum atomic E-state index is 13.8. The summed E-state index contributed by atoms with van der Waals surface area (Å²) in [5, 5.41) is 0.339. The number of anilines is 1. The van der Waals surface area contributed by atoms with Gasteiger partial charge >= 0.3 is 0 Å². The van der Waals surface area contributed by atoms with Crippen LogP contribution < -0.4 is 4.90 Å². The van der Waals surface area contributed by atoms with E-state index < -0.39 is 0 Å². The number of aromatic nitrogens is 1. The number of rotatable bonds is 1. The minimum atomic E-state index is -0.339. The number of hydrogen-bond acceptors (Lipinski definition) is 3. The fourth-order valence-corrected chi connectivity index (χ4v) is 2.45. The minimum absolute atomic E-state index is 0.255. The van der Waals surface area contributed by atoms with Gasteiger partial charge in [0.05, 0.1) is 5.02 Å². The Hall–Kier alpha value is -0.870. The van der Waals surface area contributed by atoms with Gasteiger partial charge in [-0.15, -0.1) is 0 Å². The highest BCUT2D eigenvalue weighted by atomic mass is 35.5. The van der Waals surface area contributed by atoms with Crippen LogP contribution in [0.4, 0.5) is 10.2 Å². The molecule has 0 aliphatic carbocycles. The number of hydrogen-bond donors (Lipinski definition) is 0. The Bertz CT molecular complexity index is 399. The van der Waals surface area contributed by atoms with Gasteiger partial charge in [-0.25, -0.2) is 9.37 Å². The summed E-state index contributed by atoms with van der Waals surface area (Å²) >= 11 is 5.72. The van der Waals surface area contributed by atoms with Crippen molar-refractivity contribution in [3.05, 3.63) is 23.1 Å². The summed E-state index contributed by atoms with van der Waals surface area (Å²) in [6.45, 7) is 4.88. The summed E-state index contributed by atoms with van der Waals surface area (Å²) in [6, 6.07) is 1.58. The molecule has 1 atom stereocenters. The zero-order valence-electron chi connectivity index (χ0n) is 10.2. The molecular formula is C12H17ClFN3. The first-order valence-corrected chi connectivity index (χ1v) is 6.22. The van der Waals surface area contributed by atoms with Gasteiger partial charge in [0, 0.05) is 25.3 Å². The average molecular weight is 258 g/mol.